The van der Waals surface area contributed by atoms with Crippen LogP contribution in [0.1, 0.15) is 27.0 Å². The highest BCUT2D eigenvalue weighted by molar-refractivity contribution is 6.14. The predicted molar refractivity (Wildman–Crippen MR) is 105 cm³/mol. The van der Waals surface area contributed by atoms with Crippen molar-refractivity contribution in [2.45, 2.75) is 0 Å². The zero-order chi connectivity index (χ0) is 21.1. The molecule has 0 aliphatic carbocycles. The number of anilines is 3. The topological polar surface area (TPSA) is 141 Å². The molecule has 8 nitrogen and oxygen atoms in total. The maximum Gasteiger partial charge on any atom is 0.261 e. The van der Waals surface area contributed by atoms with Crippen LogP contribution in [0.25, 0.3) is 0 Å². The van der Waals surface area contributed by atoms with Gasteiger partial charge in [-0.2, -0.15) is 0 Å². The van der Waals surface area contributed by atoms with Crippen molar-refractivity contribution in [3.8, 4) is 0 Å². The molecule has 1 heterocycles. The van der Waals surface area contributed by atoms with Crippen LogP contribution in [0.2, 0.25) is 0 Å². The van der Waals surface area contributed by atoms with Gasteiger partial charge in [0.15, 0.2) is 0 Å². The number of nitrogens with zero attached hydrogens (tertiary/aromatic N) is 1. The molecule has 2 aromatic carbocycles. The first-order valence-corrected chi connectivity index (χ1v) is 8.27. The van der Waals surface area contributed by atoms with Crippen molar-refractivity contribution in [3.05, 3.63) is 70.6 Å². The molecule has 148 valence electrons. The molecule has 10 heteroatoms. The van der Waals surface area contributed by atoms with E-state index >= 15 is 0 Å². The maximum atomic E-state index is 14.6. The average molecular weight is 398 g/mol. The van der Waals surface area contributed by atoms with Crippen LogP contribution in [0, 0.1) is 22.5 Å². The lowest BCUT2D eigenvalue weighted by Crippen LogP contribution is -2.18. The zero-order valence-corrected chi connectivity index (χ0v) is 15.1. The summed E-state index contributed by atoms with van der Waals surface area (Å²) in [5.74, 6) is -3.28. The lowest BCUT2D eigenvalue weighted by molar-refractivity contribution is 0.101. The molecule has 6 N–H and O–H groups in total. The second kappa shape index (κ2) is 7.89. The van der Waals surface area contributed by atoms with Crippen molar-refractivity contribution in [2.75, 3.05) is 23.4 Å². The van der Waals surface area contributed by atoms with Gasteiger partial charge in [-0.3, -0.25) is 10.2 Å². The molecule has 0 bridgehead atoms. The van der Waals surface area contributed by atoms with Gasteiger partial charge in [0.1, 0.15) is 23.5 Å². The lowest BCUT2D eigenvalue weighted by Gasteiger charge is -2.13. The summed E-state index contributed by atoms with van der Waals surface area (Å²) in [4.78, 5) is 12.5. The Morgan fingerprint density at radius 3 is 2.69 bits per heavy atom. The Labute approximate surface area is 163 Å². The third kappa shape index (κ3) is 3.68. The molecule has 1 aromatic heterocycles. The minimum Gasteiger partial charge on any atom is -0.398 e. The summed E-state index contributed by atoms with van der Waals surface area (Å²) in [6, 6.07) is 5.23. The average Bonchev–Trinajstić information content (AvgIpc) is 3.23. The van der Waals surface area contributed by atoms with Gasteiger partial charge < -0.3 is 26.3 Å². The van der Waals surface area contributed by atoms with Gasteiger partial charge in [0.2, 0.25) is 0 Å². The van der Waals surface area contributed by atoms with E-state index in [0.29, 0.717) is 11.8 Å². The number of halogens is 2. The van der Waals surface area contributed by atoms with E-state index < -0.39 is 23.1 Å². The van der Waals surface area contributed by atoms with Crippen molar-refractivity contribution in [2.24, 2.45) is 0 Å². The first kappa shape index (κ1) is 19.7. The SMILES string of the molecule is CNc1cc(F)c(C(=O)Nc2ccc(N)c(C(=N)c3cnoc3)c2)c(F)c1C=N. The molecule has 1 amide bonds. The fraction of sp³-hybridized carbons (Fsp3) is 0.0526. The lowest BCUT2D eigenvalue weighted by atomic mass is 10.0. The number of carbonyl (C=O) groups excluding carboxylic acids is 1. The minimum absolute atomic E-state index is 0.00155. The monoisotopic (exact) mass is 398 g/mol. The summed E-state index contributed by atoms with van der Waals surface area (Å²) < 4.78 is 33.7. The Kier molecular flexibility index (Phi) is 5.35. The molecule has 29 heavy (non-hydrogen) atoms. The third-order valence-electron chi connectivity index (χ3n) is 4.20. The molecule has 0 saturated carbocycles. The number of carbonyl (C=O) groups is 1. The summed E-state index contributed by atoms with van der Waals surface area (Å²) in [5.41, 5.74) is 5.96. The number of benzene rings is 2. The van der Waals surface area contributed by atoms with Crippen molar-refractivity contribution >= 4 is 34.9 Å². The van der Waals surface area contributed by atoms with Crippen molar-refractivity contribution < 1.29 is 18.1 Å². The smallest absolute Gasteiger partial charge is 0.261 e. The molecule has 0 spiro atoms. The number of hydrogen-bond donors (Lipinski definition) is 5. The van der Waals surface area contributed by atoms with Gasteiger partial charge in [-0.05, 0) is 24.3 Å². The first-order valence-electron chi connectivity index (χ1n) is 8.27. The van der Waals surface area contributed by atoms with Crippen LogP contribution < -0.4 is 16.4 Å². The molecule has 3 rings (SSSR count). The van der Waals surface area contributed by atoms with Crippen molar-refractivity contribution in [1.82, 2.24) is 5.16 Å². The molecule has 0 atom stereocenters. The Balaban J connectivity index is 1.95. The van der Waals surface area contributed by atoms with E-state index in [0.717, 1.165) is 6.07 Å². The molecule has 3 aromatic rings. The normalized spacial score (nSPS) is 10.4. The van der Waals surface area contributed by atoms with E-state index in [1.54, 1.807) is 0 Å². The van der Waals surface area contributed by atoms with E-state index in [4.69, 9.17) is 21.1 Å². The minimum atomic E-state index is -1.16. The van der Waals surface area contributed by atoms with Gasteiger partial charge in [0.05, 0.1) is 23.0 Å². The fourth-order valence-electron chi connectivity index (χ4n) is 2.72. The van der Waals surface area contributed by atoms with Crippen LogP contribution in [0.5, 0.6) is 0 Å². The second-order valence-corrected chi connectivity index (χ2v) is 5.95. The highest BCUT2D eigenvalue weighted by Gasteiger charge is 2.23. The largest absolute Gasteiger partial charge is 0.398 e. The van der Waals surface area contributed by atoms with Gasteiger partial charge in [-0.25, -0.2) is 8.78 Å². The van der Waals surface area contributed by atoms with Crippen LogP contribution in [-0.4, -0.2) is 30.0 Å². The van der Waals surface area contributed by atoms with E-state index in [2.05, 4.69) is 15.8 Å². The van der Waals surface area contributed by atoms with Crippen LogP contribution in [-0.2, 0) is 0 Å². The highest BCUT2D eigenvalue weighted by Crippen LogP contribution is 2.26. The predicted octanol–water partition coefficient (Wildman–Crippen LogP) is 3.24. The van der Waals surface area contributed by atoms with Gasteiger partial charge in [0.25, 0.3) is 5.91 Å². The molecule has 0 radical (unpaired) electrons. The summed E-state index contributed by atoms with van der Waals surface area (Å²) in [6.45, 7) is 0. The van der Waals surface area contributed by atoms with Gasteiger partial charge in [-0.1, -0.05) is 5.16 Å². The number of hydrogen-bond acceptors (Lipinski definition) is 7. The zero-order valence-electron chi connectivity index (χ0n) is 15.1. The van der Waals surface area contributed by atoms with Gasteiger partial charge in [0, 0.05) is 35.9 Å². The van der Waals surface area contributed by atoms with Gasteiger partial charge >= 0.3 is 0 Å². The number of nitrogen functional groups attached to an aromatic ring is 1. The molecular formula is C19H16F2N6O2. The van der Waals surface area contributed by atoms with E-state index in [9.17, 15) is 13.6 Å². The Morgan fingerprint density at radius 1 is 1.31 bits per heavy atom. The first-order chi connectivity index (χ1) is 13.9. The molecule has 0 aliphatic rings. The highest BCUT2D eigenvalue weighted by atomic mass is 19.1. The number of aromatic nitrogens is 1. The summed E-state index contributed by atoms with van der Waals surface area (Å²) in [7, 11) is 1.45. The van der Waals surface area contributed by atoms with Crippen LogP contribution >= 0.6 is 0 Å². The maximum absolute atomic E-state index is 14.6. The van der Waals surface area contributed by atoms with Crippen LogP contribution in [0.3, 0.4) is 0 Å². The Morgan fingerprint density at radius 2 is 2.07 bits per heavy atom. The van der Waals surface area contributed by atoms with Crippen molar-refractivity contribution in [1.29, 1.82) is 10.8 Å². The third-order valence-corrected chi connectivity index (χ3v) is 4.20. The standard InChI is InChI=1S/C19H16F2N6O2/c1-25-15-5-13(20)16(17(21)12(15)6-22)19(28)27-10-2-3-14(23)11(4-10)18(24)9-7-26-29-8-9/h2-8,22,24-25H,23H2,1H3,(H,27,28). The Bertz CT molecular complexity index is 1110. The number of amides is 1. The summed E-state index contributed by atoms with van der Waals surface area (Å²) in [5, 5.41) is 24.0. The molecular weight excluding hydrogens is 382 g/mol. The number of nitrogens with two attached hydrogens (primary N) is 1. The van der Waals surface area contributed by atoms with Crippen molar-refractivity contribution in [3.63, 3.8) is 0 Å². The fourth-order valence-corrected chi connectivity index (χ4v) is 2.72. The van der Waals surface area contributed by atoms with E-state index in [-0.39, 0.29) is 33.9 Å². The number of nitrogens with one attached hydrogen (secondary N) is 4. The van der Waals surface area contributed by atoms with E-state index in [1.807, 2.05) is 0 Å². The molecule has 0 saturated heterocycles. The number of rotatable bonds is 6. The quantitative estimate of drug-likeness (QED) is 0.320. The summed E-state index contributed by atoms with van der Waals surface area (Å²) >= 11 is 0. The van der Waals surface area contributed by atoms with E-state index in [1.165, 1.54) is 37.7 Å². The Hall–Kier alpha value is -4.08. The van der Waals surface area contributed by atoms with Crippen LogP contribution in [0.15, 0.2) is 41.2 Å². The van der Waals surface area contributed by atoms with Gasteiger partial charge in [-0.15, -0.1) is 0 Å². The summed E-state index contributed by atoms with van der Waals surface area (Å²) in [6.07, 6.45) is 3.29. The second-order valence-electron chi connectivity index (χ2n) is 5.95. The molecule has 0 fully saturated rings. The molecule has 0 aliphatic heterocycles. The molecule has 0 unspecified atom stereocenters. The van der Waals surface area contributed by atoms with Crippen LogP contribution in [0.4, 0.5) is 25.8 Å².